The lowest BCUT2D eigenvalue weighted by molar-refractivity contribution is -0.144. The molecule has 9 heteroatoms. The first-order chi connectivity index (χ1) is 13.5. The van der Waals surface area contributed by atoms with Crippen molar-refractivity contribution in [1.82, 2.24) is 5.32 Å². The molecule has 0 spiro atoms. The lowest BCUT2D eigenvalue weighted by Crippen LogP contribution is -2.30. The predicted molar refractivity (Wildman–Crippen MR) is 97.5 cm³/mol. The summed E-state index contributed by atoms with van der Waals surface area (Å²) in [6, 6.07) is 12.7. The topological polar surface area (TPSA) is 85.9 Å². The second-order valence-corrected chi connectivity index (χ2v) is 5.52. The Bertz CT molecular complexity index is 787. The second-order valence-electron chi connectivity index (χ2n) is 5.52. The third-order valence-electron chi connectivity index (χ3n) is 3.49. The van der Waals surface area contributed by atoms with E-state index in [1.165, 1.54) is 25.3 Å². The molecule has 2 aromatic rings. The standard InChI is InChI=1S/C19H20F2N2O5/c1-26-16-11-13(7-8-15(16)28-18(20)21)12-27-17(24)9-10-22-19(25)23-14-5-3-2-4-6-14/h2-8,11,18H,9-10,12H2,1H3,(H2,22,23,25). The van der Waals surface area contributed by atoms with Crippen molar-refractivity contribution in [3.8, 4) is 11.5 Å². The number of esters is 1. The number of anilines is 1. The van der Waals surface area contributed by atoms with Crippen molar-refractivity contribution in [2.75, 3.05) is 19.0 Å². The fraction of sp³-hybridized carbons (Fsp3) is 0.263. The van der Waals surface area contributed by atoms with E-state index in [2.05, 4.69) is 15.4 Å². The molecule has 0 aliphatic heterocycles. The van der Waals surface area contributed by atoms with E-state index in [4.69, 9.17) is 9.47 Å². The lowest BCUT2D eigenvalue weighted by atomic mass is 10.2. The largest absolute Gasteiger partial charge is 0.493 e. The zero-order valence-electron chi connectivity index (χ0n) is 15.1. The van der Waals surface area contributed by atoms with E-state index in [0.717, 1.165) is 0 Å². The van der Waals surface area contributed by atoms with Crippen LogP contribution in [0.1, 0.15) is 12.0 Å². The first-order valence-electron chi connectivity index (χ1n) is 8.35. The van der Waals surface area contributed by atoms with Gasteiger partial charge < -0.3 is 24.8 Å². The average molecular weight is 394 g/mol. The van der Waals surface area contributed by atoms with Gasteiger partial charge in [0.1, 0.15) is 6.61 Å². The van der Waals surface area contributed by atoms with Crippen molar-refractivity contribution in [2.45, 2.75) is 19.6 Å². The van der Waals surface area contributed by atoms with Crippen LogP contribution >= 0.6 is 0 Å². The predicted octanol–water partition coefficient (Wildman–Crippen LogP) is 3.55. The number of carbonyl (C=O) groups excluding carboxylic acids is 2. The van der Waals surface area contributed by atoms with Crippen LogP contribution in [0, 0.1) is 0 Å². The van der Waals surface area contributed by atoms with Crippen molar-refractivity contribution in [3.05, 3.63) is 54.1 Å². The molecule has 0 fully saturated rings. The molecule has 0 heterocycles. The number of carbonyl (C=O) groups is 2. The summed E-state index contributed by atoms with van der Waals surface area (Å²) >= 11 is 0. The van der Waals surface area contributed by atoms with Crippen molar-refractivity contribution in [1.29, 1.82) is 0 Å². The van der Waals surface area contributed by atoms with E-state index >= 15 is 0 Å². The zero-order chi connectivity index (χ0) is 20.4. The van der Waals surface area contributed by atoms with Gasteiger partial charge in [-0.15, -0.1) is 0 Å². The summed E-state index contributed by atoms with van der Waals surface area (Å²) < 4.78 is 39.0. The number of hydrogen-bond acceptors (Lipinski definition) is 5. The first kappa shape index (κ1) is 20.9. The molecule has 7 nitrogen and oxygen atoms in total. The summed E-state index contributed by atoms with van der Waals surface area (Å²) in [4.78, 5) is 23.5. The summed E-state index contributed by atoms with van der Waals surface area (Å²) in [5.41, 5.74) is 1.18. The van der Waals surface area contributed by atoms with E-state index in [1.807, 2.05) is 6.07 Å². The molecule has 0 aliphatic carbocycles. The zero-order valence-corrected chi connectivity index (χ0v) is 15.1. The number of methoxy groups -OCH3 is 1. The summed E-state index contributed by atoms with van der Waals surface area (Å²) in [6.45, 7) is -2.94. The van der Waals surface area contributed by atoms with E-state index in [1.54, 1.807) is 24.3 Å². The van der Waals surface area contributed by atoms with Crippen LogP contribution in [0.4, 0.5) is 19.3 Å². The Morgan fingerprint density at radius 3 is 2.50 bits per heavy atom. The minimum absolute atomic E-state index is 0.0219. The molecular weight excluding hydrogens is 374 g/mol. The molecule has 0 atom stereocenters. The highest BCUT2D eigenvalue weighted by molar-refractivity contribution is 5.89. The monoisotopic (exact) mass is 394 g/mol. The molecular formula is C19H20F2N2O5. The summed E-state index contributed by atoms with van der Waals surface area (Å²) in [5.74, 6) is -0.527. The van der Waals surface area contributed by atoms with E-state index in [9.17, 15) is 18.4 Å². The maximum absolute atomic E-state index is 12.3. The molecule has 2 aromatic carbocycles. The number of alkyl halides is 2. The van der Waals surface area contributed by atoms with Crippen LogP contribution in [-0.4, -0.2) is 32.3 Å². The Balaban J connectivity index is 1.72. The van der Waals surface area contributed by atoms with Gasteiger partial charge in [0.15, 0.2) is 11.5 Å². The van der Waals surface area contributed by atoms with Gasteiger partial charge in [-0.2, -0.15) is 8.78 Å². The van der Waals surface area contributed by atoms with Crippen LogP contribution in [0.5, 0.6) is 11.5 Å². The van der Waals surface area contributed by atoms with E-state index in [0.29, 0.717) is 11.3 Å². The van der Waals surface area contributed by atoms with Crippen molar-refractivity contribution in [3.63, 3.8) is 0 Å². The molecule has 2 rings (SSSR count). The molecule has 0 saturated heterocycles. The molecule has 0 aliphatic rings. The van der Waals surface area contributed by atoms with E-state index in [-0.39, 0.29) is 31.1 Å². The number of para-hydroxylation sites is 1. The summed E-state index contributed by atoms with van der Waals surface area (Å²) in [5, 5.41) is 5.17. The van der Waals surface area contributed by atoms with Crippen molar-refractivity contribution >= 4 is 17.7 Å². The number of urea groups is 1. The number of amides is 2. The van der Waals surface area contributed by atoms with Gasteiger partial charge in [0.2, 0.25) is 0 Å². The molecule has 0 aromatic heterocycles. The van der Waals surface area contributed by atoms with Gasteiger partial charge in [-0.05, 0) is 29.8 Å². The Morgan fingerprint density at radius 2 is 1.82 bits per heavy atom. The SMILES string of the molecule is COc1cc(COC(=O)CCNC(=O)Nc2ccccc2)ccc1OC(F)F. The number of benzene rings is 2. The highest BCUT2D eigenvalue weighted by atomic mass is 19.3. The Kier molecular flexibility index (Phi) is 8.01. The molecule has 0 saturated carbocycles. The summed E-state index contributed by atoms with van der Waals surface area (Å²) in [6.07, 6.45) is -0.0219. The number of ether oxygens (including phenoxy) is 3. The van der Waals surface area contributed by atoms with Gasteiger partial charge in [-0.3, -0.25) is 4.79 Å². The number of nitrogens with one attached hydrogen (secondary N) is 2. The maximum atomic E-state index is 12.3. The van der Waals surface area contributed by atoms with Gasteiger partial charge in [-0.25, -0.2) is 4.79 Å². The van der Waals surface area contributed by atoms with Gasteiger partial charge in [-0.1, -0.05) is 24.3 Å². The normalized spacial score (nSPS) is 10.3. The van der Waals surface area contributed by atoms with E-state index < -0.39 is 18.6 Å². The molecule has 0 radical (unpaired) electrons. The van der Waals surface area contributed by atoms with Crippen molar-refractivity contribution < 1.29 is 32.6 Å². The van der Waals surface area contributed by atoms with Crippen LogP contribution in [0.3, 0.4) is 0 Å². The summed E-state index contributed by atoms with van der Waals surface area (Å²) in [7, 11) is 1.32. The smallest absolute Gasteiger partial charge is 0.387 e. The molecule has 28 heavy (non-hydrogen) atoms. The molecule has 2 amide bonds. The first-order valence-corrected chi connectivity index (χ1v) is 8.35. The number of rotatable bonds is 9. The van der Waals surface area contributed by atoms with Crippen LogP contribution in [0.25, 0.3) is 0 Å². The molecule has 150 valence electrons. The quantitative estimate of drug-likeness (QED) is 0.636. The third kappa shape index (κ3) is 7.10. The maximum Gasteiger partial charge on any atom is 0.387 e. The Labute approximate surface area is 160 Å². The third-order valence-corrected chi connectivity index (χ3v) is 3.49. The molecule has 0 unspecified atom stereocenters. The lowest BCUT2D eigenvalue weighted by Gasteiger charge is -2.12. The van der Waals surface area contributed by atoms with Gasteiger partial charge in [0.05, 0.1) is 13.5 Å². The van der Waals surface area contributed by atoms with Gasteiger partial charge in [0, 0.05) is 12.2 Å². The fourth-order valence-corrected chi connectivity index (χ4v) is 2.21. The van der Waals surface area contributed by atoms with Crippen LogP contribution in [0.2, 0.25) is 0 Å². The van der Waals surface area contributed by atoms with Gasteiger partial charge in [0.25, 0.3) is 0 Å². The molecule has 0 bridgehead atoms. The Hall–Kier alpha value is -3.36. The molecule has 2 N–H and O–H groups in total. The van der Waals surface area contributed by atoms with Gasteiger partial charge >= 0.3 is 18.6 Å². The Morgan fingerprint density at radius 1 is 1.07 bits per heavy atom. The highest BCUT2D eigenvalue weighted by Crippen LogP contribution is 2.29. The van der Waals surface area contributed by atoms with Crippen LogP contribution < -0.4 is 20.1 Å². The average Bonchev–Trinajstić information content (AvgIpc) is 2.67. The highest BCUT2D eigenvalue weighted by Gasteiger charge is 2.12. The number of hydrogen-bond donors (Lipinski definition) is 2. The second kappa shape index (κ2) is 10.7. The minimum Gasteiger partial charge on any atom is -0.493 e. The van der Waals surface area contributed by atoms with Crippen molar-refractivity contribution in [2.24, 2.45) is 0 Å². The number of halogens is 2. The van der Waals surface area contributed by atoms with Crippen LogP contribution in [0.15, 0.2) is 48.5 Å². The van der Waals surface area contributed by atoms with Crippen LogP contribution in [-0.2, 0) is 16.1 Å². The fourth-order valence-electron chi connectivity index (χ4n) is 2.21. The minimum atomic E-state index is -2.97.